The van der Waals surface area contributed by atoms with Gasteiger partial charge >= 0.3 is 5.69 Å². The summed E-state index contributed by atoms with van der Waals surface area (Å²) in [6, 6.07) is 7.53. The van der Waals surface area contributed by atoms with Gasteiger partial charge in [0, 0.05) is 13.2 Å². The molecule has 2 N–H and O–H groups in total. The maximum absolute atomic E-state index is 11.7. The Labute approximate surface area is 171 Å². The molecule has 0 aliphatic rings. The Hall–Kier alpha value is -2.10. The summed E-state index contributed by atoms with van der Waals surface area (Å²) >= 11 is 0. The molecular formula is C20H30N2O6S. The molecule has 0 fully saturated rings. The van der Waals surface area contributed by atoms with Crippen LogP contribution in [-0.4, -0.2) is 49.2 Å². The summed E-state index contributed by atoms with van der Waals surface area (Å²) in [5.41, 5.74) is 1.34. The van der Waals surface area contributed by atoms with Crippen molar-refractivity contribution in [1.82, 2.24) is 9.55 Å². The number of aryl methyl sites for hydroxylation is 1. The van der Waals surface area contributed by atoms with Gasteiger partial charge in [0.25, 0.3) is 10.1 Å². The molecule has 2 aromatic rings. The summed E-state index contributed by atoms with van der Waals surface area (Å²) < 4.78 is 33.2. The Morgan fingerprint density at radius 2 is 1.72 bits per heavy atom. The molecule has 162 valence electrons. The van der Waals surface area contributed by atoms with E-state index in [1.165, 1.54) is 10.8 Å². The molecule has 0 unspecified atom stereocenters. The third kappa shape index (κ3) is 8.84. The average Bonchev–Trinajstić information content (AvgIpc) is 3.00. The van der Waals surface area contributed by atoms with Crippen LogP contribution in [0.5, 0.6) is 5.88 Å². The molecule has 0 radical (unpaired) electrons. The topological polar surface area (TPSA) is 111 Å². The van der Waals surface area contributed by atoms with Crippen LogP contribution >= 0.6 is 0 Å². The van der Waals surface area contributed by atoms with Crippen molar-refractivity contribution in [1.29, 1.82) is 0 Å². The quantitative estimate of drug-likeness (QED) is 0.355. The van der Waals surface area contributed by atoms with Gasteiger partial charge in [-0.2, -0.15) is 8.42 Å². The molecular weight excluding hydrogens is 396 g/mol. The van der Waals surface area contributed by atoms with Crippen molar-refractivity contribution >= 4 is 10.1 Å². The SMILES string of the molecule is CS(=O)(=O)OCCCCCCCOCCCc1cccc(-n2c(O)c[nH]c2=O)c1. The Balaban J connectivity index is 1.54. The third-order valence-corrected chi connectivity index (χ3v) is 5.01. The molecule has 9 heteroatoms. The lowest BCUT2D eigenvalue weighted by Crippen LogP contribution is -2.14. The number of hydrogen-bond donors (Lipinski definition) is 2. The average molecular weight is 427 g/mol. The van der Waals surface area contributed by atoms with Crippen molar-refractivity contribution in [3.63, 3.8) is 0 Å². The van der Waals surface area contributed by atoms with Gasteiger partial charge in [-0.3, -0.25) is 4.18 Å². The van der Waals surface area contributed by atoms with Gasteiger partial charge in [0.05, 0.1) is 24.7 Å². The largest absolute Gasteiger partial charge is 0.493 e. The fraction of sp³-hybridized carbons (Fsp3) is 0.550. The fourth-order valence-corrected chi connectivity index (χ4v) is 3.41. The number of aromatic hydroxyl groups is 1. The molecule has 0 saturated heterocycles. The van der Waals surface area contributed by atoms with E-state index in [-0.39, 0.29) is 18.2 Å². The Morgan fingerprint density at radius 3 is 2.41 bits per heavy atom. The van der Waals surface area contributed by atoms with Crippen LogP contribution in [0, 0.1) is 0 Å². The van der Waals surface area contributed by atoms with Gasteiger partial charge < -0.3 is 14.8 Å². The van der Waals surface area contributed by atoms with Crippen molar-refractivity contribution in [3.8, 4) is 11.6 Å². The van der Waals surface area contributed by atoms with Crippen molar-refractivity contribution < 1.29 is 22.4 Å². The smallest absolute Gasteiger partial charge is 0.333 e. The molecule has 29 heavy (non-hydrogen) atoms. The van der Waals surface area contributed by atoms with Gasteiger partial charge in [0.1, 0.15) is 0 Å². The van der Waals surface area contributed by atoms with Gasteiger partial charge in [-0.25, -0.2) is 9.36 Å². The zero-order chi connectivity index (χ0) is 21.1. The number of benzene rings is 1. The van der Waals surface area contributed by atoms with E-state index in [1.807, 2.05) is 18.2 Å². The summed E-state index contributed by atoms with van der Waals surface area (Å²) in [6.45, 7) is 1.64. The molecule has 1 aromatic carbocycles. The molecule has 2 rings (SSSR count). The molecule has 1 aromatic heterocycles. The molecule has 8 nitrogen and oxygen atoms in total. The van der Waals surface area contributed by atoms with E-state index in [9.17, 15) is 18.3 Å². The predicted molar refractivity (Wildman–Crippen MR) is 111 cm³/mol. The minimum absolute atomic E-state index is 0.113. The zero-order valence-electron chi connectivity index (χ0n) is 16.8. The molecule has 0 atom stereocenters. The molecule has 1 heterocycles. The second-order valence-electron chi connectivity index (χ2n) is 6.97. The normalized spacial score (nSPS) is 11.8. The van der Waals surface area contributed by atoms with E-state index >= 15 is 0 Å². The number of ether oxygens (including phenoxy) is 1. The molecule has 0 amide bonds. The first-order valence-electron chi connectivity index (χ1n) is 9.88. The number of unbranched alkanes of at least 4 members (excludes halogenated alkanes) is 4. The molecule has 0 aliphatic carbocycles. The highest BCUT2D eigenvalue weighted by Crippen LogP contribution is 2.15. The maximum atomic E-state index is 11.7. The minimum atomic E-state index is -3.32. The number of H-pyrrole nitrogens is 1. The van der Waals surface area contributed by atoms with E-state index in [0.29, 0.717) is 18.9 Å². The first-order chi connectivity index (χ1) is 13.9. The van der Waals surface area contributed by atoms with E-state index in [1.54, 1.807) is 6.07 Å². The Bertz CT molecular complexity index is 904. The van der Waals surface area contributed by atoms with Crippen LogP contribution in [0.1, 0.15) is 44.1 Å². The van der Waals surface area contributed by atoms with Crippen LogP contribution in [0.15, 0.2) is 35.3 Å². The summed E-state index contributed by atoms with van der Waals surface area (Å²) in [6.07, 6.45) is 8.81. The zero-order valence-corrected chi connectivity index (χ0v) is 17.6. The lowest BCUT2D eigenvalue weighted by molar-refractivity contribution is 0.127. The van der Waals surface area contributed by atoms with Crippen molar-refractivity contribution in [2.45, 2.75) is 44.9 Å². The standard InChI is InChI=1S/C20H30N2O6S/c1-29(25,26)28-14-6-4-2-3-5-12-27-13-8-10-17-9-7-11-18(15-17)22-19(23)16-21-20(22)24/h7,9,11,15-16,23H,2-6,8,10,12-14H2,1H3,(H,21,24). The van der Waals surface area contributed by atoms with Crippen LogP contribution in [-0.2, 0) is 25.5 Å². The second kappa shape index (κ2) is 11.8. The summed E-state index contributed by atoms with van der Waals surface area (Å²) in [7, 11) is -3.32. The number of rotatable bonds is 14. The highest BCUT2D eigenvalue weighted by atomic mass is 32.2. The summed E-state index contributed by atoms with van der Waals surface area (Å²) in [5.74, 6) is -0.113. The van der Waals surface area contributed by atoms with Gasteiger partial charge in [-0.05, 0) is 43.4 Å². The molecule has 0 spiro atoms. The van der Waals surface area contributed by atoms with E-state index in [4.69, 9.17) is 8.92 Å². The van der Waals surface area contributed by atoms with Gasteiger partial charge in [0.2, 0.25) is 5.88 Å². The third-order valence-electron chi connectivity index (χ3n) is 4.41. The van der Waals surface area contributed by atoms with Crippen molar-refractivity contribution in [2.24, 2.45) is 0 Å². The van der Waals surface area contributed by atoms with Gasteiger partial charge in [0.15, 0.2) is 0 Å². The van der Waals surface area contributed by atoms with Crippen molar-refractivity contribution in [3.05, 3.63) is 46.5 Å². The highest BCUT2D eigenvalue weighted by Gasteiger charge is 2.07. The Morgan fingerprint density at radius 1 is 1.03 bits per heavy atom. The van der Waals surface area contributed by atoms with Crippen LogP contribution in [0.3, 0.4) is 0 Å². The van der Waals surface area contributed by atoms with Crippen LogP contribution in [0.4, 0.5) is 0 Å². The van der Waals surface area contributed by atoms with E-state index < -0.39 is 10.1 Å². The summed E-state index contributed by atoms with van der Waals surface area (Å²) in [5, 5.41) is 9.77. The molecule has 0 bridgehead atoms. The number of aromatic nitrogens is 2. The summed E-state index contributed by atoms with van der Waals surface area (Å²) in [4.78, 5) is 14.2. The lowest BCUT2D eigenvalue weighted by atomic mass is 10.1. The molecule has 0 aliphatic heterocycles. The Kier molecular flexibility index (Phi) is 9.43. The number of aromatic amines is 1. The van der Waals surface area contributed by atoms with Gasteiger partial charge in [-0.1, -0.05) is 31.4 Å². The van der Waals surface area contributed by atoms with Crippen LogP contribution in [0.25, 0.3) is 5.69 Å². The maximum Gasteiger partial charge on any atom is 0.333 e. The fourth-order valence-electron chi connectivity index (χ4n) is 2.99. The number of imidazole rings is 1. The monoisotopic (exact) mass is 426 g/mol. The lowest BCUT2D eigenvalue weighted by Gasteiger charge is -2.07. The van der Waals surface area contributed by atoms with E-state index in [2.05, 4.69) is 4.98 Å². The minimum Gasteiger partial charge on any atom is -0.493 e. The number of nitrogens with zero attached hydrogens (tertiary/aromatic N) is 1. The van der Waals surface area contributed by atoms with Gasteiger partial charge in [-0.15, -0.1) is 0 Å². The van der Waals surface area contributed by atoms with E-state index in [0.717, 1.165) is 56.8 Å². The number of nitrogens with one attached hydrogen (secondary N) is 1. The first kappa shape index (κ1) is 23.2. The predicted octanol–water partition coefficient (Wildman–Crippen LogP) is 2.75. The van der Waals surface area contributed by atoms with Crippen LogP contribution in [0.2, 0.25) is 0 Å². The highest BCUT2D eigenvalue weighted by molar-refractivity contribution is 7.85. The second-order valence-corrected chi connectivity index (χ2v) is 8.61. The number of hydrogen-bond acceptors (Lipinski definition) is 6. The van der Waals surface area contributed by atoms with Crippen molar-refractivity contribution in [2.75, 3.05) is 26.1 Å². The molecule has 0 saturated carbocycles. The first-order valence-corrected chi connectivity index (χ1v) is 11.7. The van der Waals surface area contributed by atoms with Crippen LogP contribution < -0.4 is 5.69 Å².